The van der Waals surface area contributed by atoms with Crippen molar-refractivity contribution in [1.82, 2.24) is 0 Å². The molecule has 0 aliphatic carbocycles. The molecule has 0 N–H and O–H groups in total. The molecule has 0 radical (unpaired) electrons. The molecule has 0 bridgehead atoms. The van der Waals surface area contributed by atoms with Crippen LogP contribution in [0.3, 0.4) is 0 Å². The predicted molar refractivity (Wildman–Crippen MR) is 86.6 cm³/mol. The molecule has 2 unspecified atom stereocenters. The smallest absolute Gasteiger partial charge is 0.317 e. The van der Waals surface area contributed by atoms with Crippen LogP contribution in [-0.2, 0) is 37.2 Å². The first-order valence-corrected chi connectivity index (χ1v) is 11.9. The van der Waals surface area contributed by atoms with Crippen LogP contribution in [0.5, 0.6) is 0 Å². The molecule has 0 fully saturated rings. The Bertz CT molecular complexity index is 435. The highest BCUT2D eigenvalue weighted by atomic mass is 31.2. The molecule has 0 aromatic carbocycles. The molecule has 0 amide bonds. The van der Waals surface area contributed by atoms with Crippen LogP contribution in [0.15, 0.2) is 0 Å². The maximum Gasteiger partial charge on any atom is 0.317 e. The van der Waals surface area contributed by atoms with Crippen LogP contribution in [-0.4, -0.2) is 64.0 Å². The summed E-state index contributed by atoms with van der Waals surface area (Å²) in [5.74, 6) is -1.54. The van der Waals surface area contributed by atoms with Crippen molar-refractivity contribution in [2.45, 2.75) is 20.3 Å². The van der Waals surface area contributed by atoms with Crippen molar-refractivity contribution in [3.8, 4) is 0 Å². The van der Waals surface area contributed by atoms with Gasteiger partial charge >= 0.3 is 11.9 Å². The van der Waals surface area contributed by atoms with E-state index in [9.17, 15) is 18.7 Å². The summed E-state index contributed by atoms with van der Waals surface area (Å²) >= 11 is 0. The quantitative estimate of drug-likeness (QED) is 0.292. The molecule has 2 atom stereocenters. The van der Waals surface area contributed by atoms with Gasteiger partial charge in [0.1, 0.15) is 19.6 Å². The lowest BCUT2D eigenvalue weighted by Gasteiger charge is -2.13. The normalized spacial score (nSPS) is 16.2. The molecule has 23 heavy (non-hydrogen) atoms. The Balaban J connectivity index is 3.92. The molecule has 0 spiro atoms. The van der Waals surface area contributed by atoms with Gasteiger partial charge in [-0.25, -0.2) is 0 Å². The summed E-state index contributed by atoms with van der Waals surface area (Å²) in [5.41, 5.74) is 0. The Morgan fingerprint density at radius 3 is 1.43 bits per heavy atom. The Morgan fingerprint density at radius 2 is 1.13 bits per heavy atom. The van der Waals surface area contributed by atoms with Crippen molar-refractivity contribution < 1.29 is 37.2 Å². The largest absolute Gasteiger partial charge is 0.465 e. The fraction of sp³-hybridized carbons (Fsp3) is 0.846. The topological polar surface area (TPSA) is 105 Å². The Labute approximate surface area is 137 Å². The molecule has 0 aliphatic heterocycles. The molecule has 8 nitrogen and oxygen atoms in total. The van der Waals surface area contributed by atoms with Gasteiger partial charge in [-0.1, -0.05) is 0 Å². The molecule has 0 aromatic rings. The fourth-order valence-corrected chi connectivity index (χ4v) is 3.74. The van der Waals surface area contributed by atoms with Crippen LogP contribution in [0.4, 0.5) is 0 Å². The first kappa shape index (κ1) is 22.3. The standard InChI is InChI=1S/C13H26O8P2/c1-5-20-22(3,16)9-7-18-12(14)11-13(15)19-8-10-23(4,17)21-6-2/h5-11H2,1-4H3. The SMILES string of the molecule is CCOP(C)(=O)CCOC(=O)CC(=O)OCCP(C)(=O)OCC. The van der Waals surface area contributed by atoms with Crippen molar-refractivity contribution >= 4 is 26.7 Å². The molecule has 0 heterocycles. The number of carbonyl (C=O) groups excluding carboxylic acids is 2. The van der Waals surface area contributed by atoms with Crippen molar-refractivity contribution in [2.75, 3.05) is 52.1 Å². The highest BCUT2D eigenvalue weighted by molar-refractivity contribution is 7.58. The highest BCUT2D eigenvalue weighted by Gasteiger charge is 2.19. The van der Waals surface area contributed by atoms with Gasteiger partial charge in [-0.3, -0.25) is 18.7 Å². The van der Waals surface area contributed by atoms with Gasteiger partial charge in [-0.15, -0.1) is 0 Å². The average Bonchev–Trinajstić information content (AvgIpc) is 2.37. The third-order valence-electron chi connectivity index (χ3n) is 2.61. The minimum absolute atomic E-state index is 0.0889. The number of esters is 2. The summed E-state index contributed by atoms with van der Waals surface area (Å²) in [6.07, 6.45) is -0.366. The molecular formula is C13H26O8P2. The lowest BCUT2D eigenvalue weighted by molar-refractivity contribution is -0.153. The number of hydrogen-bond acceptors (Lipinski definition) is 8. The van der Waals surface area contributed by atoms with E-state index >= 15 is 0 Å². The maximum atomic E-state index is 11.8. The second-order valence-electron chi connectivity index (χ2n) is 4.93. The summed E-state index contributed by atoms with van der Waals surface area (Å²) in [6, 6.07) is 0. The van der Waals surface area contributed by atoms with Crippen LogP contribution in [0.25, 0.3) is 0 Å². The third-order valence-corrected chi connectivity index (χ3v) is 6.21. The molecular weight excluding hydrogens is 346 g/mol. The molecule has 136 valence electrons. The number of hydrogen-bond donors (Lipinski definition) is 0. The molecule has 0 saturated carbocycles. The molecule has 0 aliphatic rings. The van der Waals surface area contributed by atoms with Gasteiger partial charge in [0.2, 0.25) is 14.7 Å². The van der Waals surface area contributed by atoms with Crippen LogP contribution < -0.4 is 0 Å². The molecule has 0 rings (SSSR count). The lowest BCUT2D eigenvalue weighted by Crippen LogP contribution is -2.17. The van der Waals surface area contributed by atoms with E-state index in [1.165, 1.54) is 13.3 Å². The van der Waals surface area contributed by atoms with Gasteiger partial charge in [0.05, 0.1) is 25.5 Å². The molecule has 0 saturated heterocycles. The zero-order valence-corrected chi connectivity index (χ0v) is 15.9. The van der Waals surface area contributed by atoms with Crippen molar-refractivity contribution in [2.24, 2.45) is 0 Å². The fourth-order valence-electron chi connectivity index (χ4n) is 1.55. The minimum Gasteiger partial charge on any atom is -0.465 e. The van der Waals surface area contributed by atoms with Gasteiger partial charge in [0, 0.05) is 13.3 Å². The van der Waals surface area contributed by atoms with Crippen molar-refractivity contribution in [3.05, 3.63) is 0 Å². The first-order chi connectivity index (χ1) is 10.6. The van der Waals surface area contributed by atoms with Crippen LogP contribution in [0.2, 0.25) is 0 Å². The van der Waals surface area contributed by atoms with E-state index in [-0.39, 0.29) is 25.5 Å². The lowest BCUT2D eigenvalue weighted by atomic mass is 10.4. The number of rotatable bonds is 12. The van der Waals surface area contributed by atoms with E-state index in [0.29, 0.717) is 13.2 Å². The van der Waals surface area contributed by atoms with E-state index < -0.39 is 33.1 Å². The van der Waals surface area contributed by atoms with Crippen molar-refractivity contribution in [1.29, 1.82) is 0 Å². The van der Waals surface area contributed by atoms with Gasteiger partial charge in [0.25, 0.3) is 0 Å². The predicted octanol–water partition coefficient (Wildman–Crippen LogP) is 2.35. The van der Waals surface area contributed by atoms with Crippen LogP contribution in [0, 0.1) is 0 Å². The second kappa shape index (κ2) is 11.0. The van der Waals surface area contributed by atoms with E-state index in [0.717, 1.165) is 0 Å². The molecule has 0 aromatic heterocycles. The molecule has 10 heteroatoms. The monoisotopic (exact) mass is 372 g/mol. The zero-order chi connectivity index (χ0) is 17.9. The number of ether oxygens (including phenoxy) is 2. The second-order valence-corrected chi connectivity index (χ2v) is 10.4. The maximum absolute atomic E-state index is 11.8. The Kier molecular flexibility index (Phi) is 10.7. The average molecular weight is 372 g/mol. The summed E-state index contributed by atoms with van der Waals surface area (Å²) in [4.78, 5) is 22.9. The Hall–Kier alpha value is -0.680. The van der Waals surface area contributed by atoms with Crippen LogP contribution >= 0.6 is 14.7 Å². The summed E-state index contributed by atoms with van der Waals surface area (Å²) in [5, 5.41) is 0. The van der Waals surface area contributed by atoms with E-state index in [2.05, 4.69) is 0 Å². The summed E-state index contributed by atoms with van der Waals surface area (Å²) in [6.45, 7) is 6.81. The van der Waals surface area contributed by atoms with E-state index in [1.807, 2.05) is 0 Å². The van der Waals surface area contributed by atoms with Gasteiger partial charge in [-0.2, -0.15) is 0 Å². The first-order valence-electron chi connectivity index (χ1n) is 7.35. The summed E-state index contributed by atoms with van der Waals surface area (Å²) in [7, 11) is -5.53. The third kappa shape index (κ3) is 12.4. The van der Waals surface area contributed by atoms with Crippen LogP contribution in [0.1, 0.15) is 20.3 Å². The van der Waals surface area contributed by atoms with Crippen molar-refractivity contribution in [3.63, 3.8) is 0 Å². The number of carbonyl (C=O) groups is 2. The minimum atomic E-state index is -2.76. The van der Waals surface area contributed by atoms with Gasteiger partial charge < -0.3 is 18.5 Å². The zero-order valence-electron chi connectivity index (χ0n) is 14.1. The Morgan fingerprint density at radius 1 is 0.783 bits per heavy atom. The van der Waals surface area contributed by atoms with Gasteiger partial charge in [0.15, 0.2) is 0 Å². The van der Waals surface area contributed by atoms with E-state index in [4.69, 9.17) is 18.5 Å². The highest BCUT2D eigenvalue weighted by Crippen LogP contribution is 2.42. The van der Waals surface area contributed by atoms with Gasteiger partial charge in [-0.05, 0) is 13.8 Å². The van der Waals surface area contributed by atoms with E-state index in [1.54, 1.807) is 13.8 Å². The summed E-state index contributed by atoms with van der Waals surface area (Å²) < 4.78 is 43.2.